The number of carbonyl (C=O) groups is 1. The van der Waals surface area contributed by atoms with Crippen molar-refractivity contribution < 1.29 is 14.3 Å². The Morgan fingerprint density at radius 3 is 2.65 bits per heavy atom. The molecule has 0 saturated carbocycles. The monoisotopic (exact) mass is 280 g/mol. The average molecular weight is 280 g/mol. The molecule has 0 aliphatic heterocycles. The van der Waals surface area contributed by atoms with E-state index in [0.717, 1.165) is 18.5 Å². The Hall–Kier alpha value is -1.91. The van der Waals surface area contributed by atoms with Gasteiger partial charge in [0.2, 0.25) is 5.91 Å². The molecule has 2 N–H and O–H groups in total. The van der Waals surface area contributed by atoms with Gasteiger partial charge in [0, 0.05) is 12.6 Å². The third kappa shape index (κ3) is 4.64. The lowest BCUT2D eigenvalue weighted by molar-refractivity contribution is -0.121. The first kappa shape index (κ1) is 16.1. The van der Waals surface area contributed by atoms with Gasteiger partial charge in [0.15, 0.2) is 0 Å². The highest BCUT2D eigenvalue weighted by Gasteiger charge is 2.14. The van der Waals surface area contributed by atoms with Crippen molar-refractivity contribution in [2.45, 2.75) is 32.7 Å². The summed E-state index contributed by atoms with van der Waals surface area (Å²) in [6, 6.07) is 5.12. The number of ether oxygens (including phenoxy) is 2. The minimum absolute atomic E-state index is 0.0173. The highest BCUT2D eigenvalue weighted by atomic mass is 16.5. The Morgan fingerprint density at radius 1 is 1.30 bits per heavy atom. The van der Waals surface area contributed by atoms with E-state index < -0.39 is 0 Å². The summed E-state index contributed by atoms with van der Waals surface area (Å²) >= 11 is 0. The van der Waals surface area contributed by atoms with Gasteiger partial charge in [-0.25, -0.2) is 0 Å². The number of rotatable bonds is 8. The Morgan fingerprint density at radius 2 is 2.05 bits per heavy atom. The first-order valence-electron chi connectivity index (χ1n) is 6.88. The fraction of sp³-hybridized carbons (Fsp3) is 0.533. The van der Waals surface area contributed by atoms with Crippen molar-refractivity contribution in [2.75, 3.05) is 26.1 Å². The van der Waals surface area contributed by atoms with Gasteiger partial charge in [-0.2, -0.15) is 0 Å². The maximum absolute atomic E-state index is 11.9. The highest BCUT2D eigenvalue weighted by molar-refractivity contribution is 5.84. The molecule has 0 fully saturated rings. The Balaban J connectivity index is 2.65. The van der Waals surface area contributed by atoms with Gasteiger partial charge in [-0.05, 0) is 25.5 Å². The molecule has 1 atom stereocenters. The Bertz CT molecular complexity index is 435. The number of benzene rings is 1. The van der Waals surface area contributed by atoms with E-state index in [-0.39, 0.29) is 11.9 Å². The van der Waals surface area contributed by atoms with Gasteiger partial charge >= 0.3 is 0 Å². The smallest absolute Gasteiger partial charge is 0.242 e. The van der Waals surface area contributed by atoms with Crippen molar-refractivity contribution in [2.24, 2.45) is 0 Å². The van der Waals surface area contributed by atoms with Crippen LogP contribution in [0, 0.1) is 0 Å². The summed E-state index contributed by atoms with van der Waals surface area (Å²) < 4.78 is 10.4. The number of amides is 1. The minimum atomic E-state index is -0.325. The van der Waals surface area contributed by atoms with Crippen LogP contribution in [0.15, 0.2) is 18.2 Å². The lowest BCUT2D eigenvalue weighted by Gasteiger charge is -2.17. The SMILES string of the molecule is CCCCNC(=O)C(C)Nc1ccc(OC)cc1OC. The summed E-state index contributed by atoms with van der Waals surface area (Å²) in [4.78, 5) is 11.9. The van der Waals surface area contributed by atoms with Crippen LogP contribution in [0.5, 0.6) is 11.5 Å². The van der Waals surface area contributed by atoms with Gasteiger partial charge < -0.3 is 20.1 Å². The largest absolute Gasteiger partial charge is 0.497 e. The summed E-state index contributed by atoms with van der Waals surface area (Å²) in [6.07, 6.45) is 2.05. The molecule has 0 heterocycles. The second kappa shape index (κ2) is 8.30. The third-order valence-electron chi connectivity index (χ3n) is 3.00. The van der Waals surface area contributed by atoms with Crippen molar-refractivity contribution in [1.82, 2.24) is 5.32 Å². The molecule has 1 aromatic rings. The lowest BCUT2D eigenvalue weighted by Crippen LogP contribution is -2.38. The molecule has 0 aliphatic rings. The van der Waals surface area contributed by atoms with Gasteiger partial charge in [0.1, 0.15) is 17.5 Å². The van der Waals surface area contributed by atoms with Crippen molar-refractivity contribution in [1.29, 1.82) is 0 Å². The zero-order valence-corrected chi connectivity index (χ0v) is 12.7. The van der Waals surface area contributed by atoms with Gasteiger partial charge in [0.25, 0.3) is 0 Å². The molecule has 0 radical (unpaired) electrons. The molecule has 1 rings (SSSR count). The minimum Gasteiger partial charge on any atom is -0.497 e. The summed E-state index contributed by atoms with van der Waals surface area (Å²) in [5, 5.41) is 6.04. The fourth-order valence-corrected chi connectivity index (χ4v) is 1.76. The first-order valence-corrected chi connectivity index (χ1v) is 6.88. The van der Waals surface area contributed by atoms with Crippen LogP contribution < -0.4 is 20.1 Å². The summed E-state index contributed by atoms with van der Waals surface area (Å²) in [6.45, 7) is 4.63. The Labute approximate surface area is 120 Å². The molecule has 1 unspecified atom stereocenters. The maximum Gasteiger partial charge on any atom is 0.242 e. The van der Waals surface area contributed by atoms with Gasteiger partial charge in [-0.1, -0.05) is 13.3 Å². The van der Waals surface area contributed by atoms with Crippen molar-refractivity contribution >= 4 is 11.6 Å². The van der Waals surface area contributed by atoms with Gasteiger partial charge in [0.05, 0.1) is 19.9 Å². The van der Waals surface area contributed by atoms with Crippen LogP contribution in [0.4, 0.5) is 5.69 Å². The number of carbonyl (C=O) groups excluding carboxylic acids is 1. The second-order valence-electron chi connectivity index (χ2n) is 4.58. The van der Waals surface area contributed by atoms with Crippen LogP contribution in [0.1, 0.15) is 26.7 Å². The molecule has 0 spiro atoms. The lowest BCUT2D eigenvalue weighted by atomic mass is 10.2. The molecule has 0 aliphatic carbocycles. The zero-order chi connectivity index (χ0) is 15.0. The van der Waals surface area contributed by atoms with Crippen LogP contribution in [-0.4, -0.2) is 32.7 Å². The standard InChI is InChI=1S/C15H24N2O3/c1-5-6-9-16-15(18)11(2)17-13-8-7-12(19-3)10-14(13)20-4/h7-8,10-11,17H,5-6,9H2,1-4H3,(H,16,18). The molecule has 0 aromatic heterocycles. The highest BCUT2D eigenvalue weighted by Crippen LogP contribution is 2.29. The second-order valence-corrected chi connectivity index (χ2v) is 4.58. The van der Waals surface area contributed by atoms with Crippen molar-refractivity contribution in [3.05, 3.63) is 18.2 Å². The number of hydrogen-bond donors (Lipinski definition) is 2. The molecular weight excluding hydrogens is 256 g/mol. The molecule has 1 aromatic carbocycles. The molecule has 0 bridgehead atoms. The number of methoxy groups -OCH3 is 2. The molecule has 0 saturated heterocycles. The molecule has 112 valence electrons. The average Bonchev–Trinajstić information content (AvgIpc) is 2.47. The predicted octanol–water partition coefficient (Wildman–Crippen LogP) is 2.42. The summed E-state index contributed by atoms with van der Waals surface area (Å²) in [5.41, 5.74) is 0.770. The van der Waals surface area contributed by atoms with E-state index in [1.807, 2.05) is 19.1 Å². The molecule has 1 amide bonds. The van der Waals surface area contributed by atoms with Crippen molar-refractivity contribution in [3.63, 3.8) is 0 Å². The number of anilines is 1. The normalized spacial score (nSPS) is 11.6. The molecule has 5 nitrogen and oxygen atoms in total. The predicted molar refractivity (Wildman–Crippen MR) is 80.5 cm³/mol. The Kier molecular flexibility index (Phi) is 6.70. The van der Waals surface area contributed by atoms with Gasteiger partial charge in [-0.3, -0.25) is 4.79 Å². The van der Waals surface area contributed by atoms with E-state index in [1.54, 1.807) is 20.3 Å². The third-order valence-corrected chi connectivity index (χ3v) is 3.00. The van der Waals surface area contributed by atoms with E-state index in [1.165, 1.54) is 0 Å². The first-order chi connectivity index (χ1) is 9.62. The number of hydrogen-bond acceptors (Lipinski definition) is 4. The summed E-state index contributed by atoms with van der Waals surface area (Å²) in [7, 11) is 3.19. The zero-order valence-electron chi connectivity index (χ0n) is 12.7. The molecule has 5 heteroatoms. The summed E-state index contributed by atoms with van der Waals surface area (Å²) in [5.74, 6) is 1.35. The number of unbranched alkanes of at least 4 members (excludes halogenated alkanes) is 1. The molecule has 20 heavy (non-hydrogen) atoms. The van der Waals surface area contributed by atoms with Gasteiger partial charge in [-0.15, -0.1) is 0 Å². The topological polar surface area (TPSA) is 59.6 Å². The van der Waals surface area contributed by atoms with E-state index in [2.05, 4.69) is 17.6 Å². The number of nitrogens with one attached hydrogen (secondary N) is 2. The van der Waals surface area contributed by atoms with E-state index >= 15 is 0 Å². The quantitative estimate of drug-likeness (QED) is 0.718. The van der Waals surface area contributed by atoms with Crippen LogP contribution in [0.3, 0.4) is 0 Å². The van der Waals surface area contributed by atoms with Crippen molar-refractivity contribution in [3.8, 4) is 11.5 Å². The van der Waals surface area contributed by atoms with Crippen LogP contribution in [0.2, 0.25) is 0 Å². The van der Waals surface area contributed by atoms with Crippen LogP contribution >= 0.6 is 0 Å². The van der Waals surface area contributed by atoms with Crippen LogP contribution in [0.25, 0.3) is 0 Å². The van der Waals surface area contributed by atoms with E-state index in [9.17, 15) is 4.79 Å². The van der Waals surface area contributed by atoms with E-state index in [0.29, 0.717) is 18.0 Å². The molecular formula is C15H24N2O3. The fourth-order valence-electron chi connectivity index (χ4n) is 1.76. The van der Waals surface area contributed by atoms with Crippen LogP contribution in [-0.2, 0) is 4.79 Å². The maximum atomic E-state index is 11.9. The van der Waals surface area contributed by atoms with E-state index in [4.69, 9.17) is 9.47 Å².